The van der Waals surface area contributed by atoms with Crippen LogP contribution in [-0.4, -0.2) is 29.0 Å². The lowest BCUT2D eigenvalue weighted by molar-refractivity contribution is -0.130. The summed E-state index contributed by atoms with van der Waals surface area (Å²) >= 11 is 0. The number of aryl methyl sites for hydroxylation is 1. The van der Waals surface area contributed by atoms with Crippen LogP contribution in [0.1, 0.15) is 50.3 Å². The maximum atomic E-state index is 12.2. The highest BCUT2D eigenvalue weighted by molar-refractivity contribution is 5.79. The second-order valence-electron chi connectivity index (χ2n) is 5.24. The Morgan fingerprint density at radius 2 is 1.84 bits per heavy atom. The smallest absolute Gasteiger partial charge is 0.226 e. The van der Waals surface area contributed by atoms with Gasteiger partial charge in [-0.2, -0.15) is 0 Å². The van der Waals surface area contributed by atoms with Crippen LogP contribution < -0.4 is 0 Å². The van der Waals surface area contributed by atoms with Crippen LogP contribution in [0.15, 0.2) is 12.1 Å². The van der Waals surface area contributed by atoms with E-state index in [1.54, 1.807) is 6.07 Å². The van der Waals surface area contributed by atoms with E-state index >= 15 is 0 Å². The van der Waals surface area contributed by atoms with Crippen molar-refractivity contribution in [1.82, 2.24) is 4.90 Å². The number of carbonyl (C=O) groups excluding carboxylic acids is 1. The zero-order chi connectivity index (χ0) is 14.6. The highest BCUT2D eigenvalue weighted by Gasteiger charge is 2.15. The highest BCUT2D eigenvalue weighted by atomic mass is 16.3. The maximum absolute atomic E-state index is 12.2. The fraction of sp³-hybridized carbons (Fsp3) is 0.562. The van der Waals surface area contributed by atoms with Gasteiger partial charge in [-0.15, -0.1) is 0 Å². The summed E-state index contributed by atoms with van der Waals surface area (Å²) in [6.07, 6.45) is 0.410. The quantitative estimate of drug-likeness (QED) is 0.886. The predicted octanol–water partition coefficient (Wildman–Crippen LogP) is 3.23. The molecule has 0 saturated carbocycles. The molecule has 0 unspecified atom stereocenters. The summed E-state index contributed by atoms with van der Waals surface area (Å²) in [5.74, 6) is 0.725. The van der Waals surface area contributed by atoms with Gasteiger partial charge >= 0.3 is 0 Å². The van der Waals surface area contributed by atoms with E-state index in [-0.39, 0.29) is 11.8 Å². The Morgan fingerprint density at radius 3 is 2.32 bits per heavy atom. The van der Waals surface area contributed by atoms with E-state index in [4.69, 9.17) is 0 Å². The molecule has 1 rings (SSSR count). The van der Waals surface area contributed by atoms with E-state index < -0.39 is 0 Å². The van der Waals surface area contributed by atoms with Gasteiger partial charge in [0.05, 0.1) is 6.42 Å². The van der Waals surface area contributed by atoms with Crippen molar-refractivity contribution < 1.29 is 9.90 Å². The summed E-state index contributed by atoms with van der Waals surface area (Å²) in [5, 5.41) is 9.93. The molecular weight excluding hydrogens is 238 g/mol. The van der Waals surface area contributed by atoms with Crippen LogP contribution in [-0.2, 0) is 11.2 Å². The normalized spacial score (nSPS) is 10.8. The number of nitrogens with zero attached hydrogens (tertiary/aromatic N) is 1. The zero-order valence-corrected chi connectivity index (χ0v) is 12.7. The minimum absolute atomic E-state index is 0.147. The van der Waals surface area contributed by atoms with Crippen LogP contribution in [0.3, 0.4) is 0 Å². The Morgan fingerprint density at radius 1 is 1.26 bits per heavy atom. The lowest BCUT2D eigenvalue weighted by Gasteiger charge is -2.20. The van der Waals surface area contributed by atoms with Gasteiger partial charge in [-0.1, -0.05) is 19.9 Å². The van der Waals surface area contributed by atoms with Crippen LogP contribution in [0.25, 0.3) is 0 Å². The molecular formula is C16H25NO2. The topological polar surface area (TPSA) is 40.5 Å². The Kier molecular flexibility index (Phi) is 5.40. The summed E-state index contributed by atoms with van der Waals surface area (Å²) in [6, 6.07) is 3.73. The van der Waals surface area contributed by atoms with Crippen molar-refractivity contribution in [2.24, 2.45) is 0 Å². The van der Waals surface area contributed by atoms with Gasteiger partial charge in [0.1, 0.15) is 5.75 Å². The second-order valence-corrected chi connectivity index (χ2v) is 5.24. The van der Waals surface area contributed by atoms with Crippen molar-refractivity contribution in [2.45, 2.75) is 47.0 Å². The third-order valence-corrected chi connectivity index (χ3v) is 3.57. The number of likely N-dealkylation sites (N-methyl/N-ethyl adjacent to an activating group) is 1. The molecule has 0 radical (unpaired) electrons. The summed E-state index contributed by atoms with van der Waals surface area (Å²) < 4.78 is 0. The molecule has 0 heterocycles. The molecule has 0 spiro atoms. The number of rotatable bonds is 5. The lowest BCUT2D eigenvalue weighted by Crippen LogP contribution is -2.31. The van der Waals surface area contributed by atoms with E-state index in [1.165, 1.54) is 0 Å². The molecule has 106 valence electrons. The van der Waals surface area contributed by atoms with Gasteiger partial charge in [0, 0.05) is 13.1 Å². The fourth-order valence-electron chi connectivity index (χ4n) is 2.26. The molecule has 0 aliphatic heterocycles. The van der Waals surface area contributed by atoms with Crippen molar-refractivity contribution >= 4 is 5.91 Å². The maximum Gasteiger partial charge on any atom is 0.226 e. The number of benzene rings is 1. The molecule has 3 nitrogen and oxygen atoms in total. The number of hydrogen-bond donors (Lipinski definition) is 1. The number of hydrogen-bond acceptors (Lipinski definition) is 2. The first kappa shape index (κ1) is 15.5. The highest BCUT2D eigenvalue weighted by Crippen LogP contribution is 2.29. The SMILES string of the molecule is CCN(CC)C(=O)Cc1cc(C(C)C)c(O)cc1C. The summed E-state index contributed by atoms with van der Waals surface area (Å²) in [6.45, 7) is 11.5. The van der Waals surface area contributed by atoms with Gasteiger partial charge < -0.3 is 10.0 Å². The van der Waals surface area contributed by atoms with Gasteiger partial charge in [0.15, 0.2) is 0 Å². The molecule has 1 aromatic rings. The van der Waals surface area contributed by atoms with E-state index in [2.05, 4.69) is 0 Å². The van der Waals surface area contributed by atoms with Crippen LogP contribution in [0, 0.1) is 6.92 Å². The number of aromatic hydroxyl groups is 1. The van der Waals surface area contributed by atoms with Gasteiger partial charge in [0.25, 0.3) is 0 Å². The first-order chi connectivity index (χ1) is 8.90. The van der Waals surface area contributed by atoms with Gasteiger partial charge in [0.2, 0.25) is 5.91 Å². The standard InChI is InChI=1S/C16H25NO2/c1-6-17(7-2)16(19)10-13-9-14(11(3)4)15(18)8-12(13)5/h8-9,11,18H,6-7,10H2,1-5H3. The van der Waals surface area contributed by atoms with E-state index in [0.29, 0.717) is 12.2 Å². The molecule has 3 heteroatoms. The Balaban J connectivity index is 3.01. The van der Waals surface area contributed by atoms with Crippen LogP contribution in [0.5, 0.6) is 5.75 Å². The van der Waals surface area contributed by atoms with Gasteiger partial charge in [-0.05, 0) is 49.4 Å². The number of carbonyl (C=O) groups is 1. The zero-order valence-electron chi connectivity index (χ0n) is 12.7. The van der Waals surface area contributed by atoms with Crippen molar-refractivity contribution in [1.29, 1.82) is 0 Å². The van der Waals surface area contributed by atoms with Gasteiger partial charge in [-0.25, -0.2) is 0 Å². The Bertz CT molecular complexity index is 448. The third-order valence-electron chi connectivity index (χ3n) is 3.57. The fourth-order valence-corrected chi connectivity index (χ4v) is 2.26. The lowest BCUT2D eigenvalue weighted by atomic mass is 9.95. The van der Waals surface area contributed by atoms with Crippen LogP contribution in [0.2, 0.25) is 0 Å². The van der Waals surface area contributed by atoms with E-state index in [1.807, 2.05) is 45.6 Å². The number of amides is 1. The molecule has 0 aliphatic rings. The molecule has 0 aromatic heterocycles. The number of phenolic OH excluding ortho intramolecular Hbond substituents is 1. The number of phenols is 1. The largest absolute Gasteiger partial charge is 0.508 e. The van der Waals surface area contributed by atoms with E-state index in [0.717, 1.165) is 29.8 Å². The molecule has 1 amide bonds. The second kappa shape index (κ2) is 6.60. The van der Waals surface area contributed by atoms with Crippen molar-refractivity contribution in [3.05, 3.63) is 28.8 Å². The molecule has 19 heavy (non-hydrogen) atoms. The summed E-state index contributed by atoms with van der Waals surface area (Å²) in [7, 11) is 0. The minimum atomic E-state index is 0.147. The predicted molar refractivity (Wildman–Crippen MR) is 78.6 cm³/mol. The monoisotopic (exact) mass is 263 g/mol. The Labute approximate surface area is 116 Å². The average Bonchev–Trinajstić information content (AvgIpc) is 2.33. The molecule has 0 bridgehead atoms. The third kappa shape index (κ3) is 3.72. The molecule has 1 N–H and O–H groups in total. The molecule has 0 aliphatic carbocycles. The van der Waals surface area contributed by atoms with Crippen molar-refractivity contribution in [2.75, 3.05) is 13.1 Å². The van der Waals surface area contributed by atoms with Crippen molar-refractivity contribution in [3.8, 4) is 5.75 Å². The van der Waals surface area contributed by atoms with Crippen LogP contribution >= 0.6 is 0 Å². The van der Waals surface area contributed by atoms with Crippen molar-refractivity contribution in [3.63, 3.8) is 0 Å². The van der Waals surface area contributed by atoms with Crippen LogP contribution in [0.4, 0.5) is 0 Å². The summed E-state index contributed by atoms with van der Waals surface area (Å²) in [5.41, 5.74) is 2.90. The van der Waals surface area contributed by atoms with Gasteiger partial charge in [-0.3, -0.25) is 4.79 Å². The first-order valence-corrected chi connectivity index (χ1v) is 7.00. The molecule has 0 saturated heterocycles. The Hall–Kier alpha value is -1.51. The average molecular weight is 263 g/mol. The first-order valence-electron chi connectivity index (χ1n) is 7.00. The molecule has 1 aromatic carbocycles. The summed E-state index contributed by atoms with van der Waals surface area (Å²) in [4.78, 5) is 14.0. The minimum Gasteiger partial charge on any atom is -0.508 e. The van der Waals surface area contributed by atoms with E-state index in [9.17, 15) is 9.90 Å². The molecule has 0 fully saturated rings. The molecule has 0 atom stereocenters.